The summed E-state index contributed by atoms with van der Waals surface area (Å²) in [6.45, 7) is 0.610. The maximum Gasteiger partial charge on any atom is 0.344 e. The standard InChI is InChI=1S/C25H21ClN2O4/c26-21-8-6-19(7-9-21)16-31-22-10-11-24-23(12-22)20(13-27-32-17-25(29)30)15-28(24)14-18-4-2-1-3-5-18/h1-13,15H,14,16-17H2,(H,29,30). The van der Waals surface area contributed by atoms with E-state index in [2.05, 4.69) is 21.9 Å². The first kappa shape index (κ1) is 21.5. The fourth-order valence-electron chi connectivity index (χ4n) is 3.34. The normalized spacial score (nSPS) is 11.2. The Bertz CT molecular complexity index is 1230. The number of hydrogen-bond donors (Lipinski definition) is 1. The summed E-state index contributed by atoms with van der Waals surface area (Å²) >= 11 is 5.94. The number of hydrogen-bond acceptors (Lipinski definition) is 4. The van der Waals surface area contributed by atoms with Gasteiger partial charge in [-0.05, 0) is 41.5 Å². The molecule has 162 valence electrons. The number of carboxylic acid groups (broad SMARTS) is 1. The van der Waals surface area contributed by atoms with Crippen LogP contribution in [0.1, 0.15) is 16.7 Å². The quantitative estimate of drug-likeness (QED) is 0.276. The van der Waals surface area contributed by atoms with Crippen molar-refractivity contribution in [2.75, 3.05) is 6.61 Å². The highest BCUT2D eigenvalue weighted by molar-refractivity contribution is 6.30. The van der Waals surface area contributed by atoms with Gasteiger partial charge in [0.25, 0.3) is 0 Å². The SMILES string of the molecule is O=C(O)CON=Cc1cn(Cc2ccccc2)c2ccc(OCc3ccc(Cl)cc3)cc12. The van der Waals surface area contributed by atoms with Crippen LogP contribution in [0.4, 0.5) is 0 Å². The molecule has 7 heteroatoms. The average Bonchev–Trinajstić information content (AvgIpc) is 3.13. The number of carboxylic acids is 1. The van der Waals surface area contributed by atoms with Gasteiger partial charge in [0.2, 0.25) is 6.61 Å². The Hall–Kier alpha value is -3.77. The lowest BCUT2D eigenvalue weighted by molar-refractivity contribution is -0.142. The zero-order valence-corrected chi connectivity index (χ0v) is 17.9. The van der Waals surface area contributed by atoms with Gasteiger partial charge < -0.3 is 19.2 Å². The maximum atomic E-state index is 10.7. The fraction of sp³-hybridized carbons (Fsp3) is 0.120. The summed E-state index contributed by atoms with van der Waals surface area (Å²) in [4.78, 5) is 15.5. The van der Waals surface area contributed by atoms with Crippen LogP contribution in [-0.4, -0.2) is 28.5 Å². The molecule has 0 fully saturated rings. The number of carbonyl (C=O) groups is 1. The molecule has 6 nitrogen and oxygen atoms in total. The van der Waals surface area contributed by atoms with Crippen molar-refractivity contribution < 1.29 is 19.5 Å². The molecule has 0 spiro atoms. The van der Waals surface area contributed by atoms with E-state index in [0.717, 1.165) is 27.6 Å². The molecule has 0 saturated carbocycles. The maximum absolute atomic E-state index is 10.7. The number of oxime groups is 1. The summed E-state index contributed by atoms with van der Waals surface area (Å²) in [5.74, 6) is -0.363. The molecule has 0 aliphatic carbocycles. The van der Waals surface area contributed by atoms with Crippen LogP contribution >= 0.6 is 11.6 Å². The second-order valence-corrected chi connectivity index (χ2v) is 7.63. The Kier molecular flexibility index (Phi) is 6.72. The van der Waals surface area contributed by atoms with Gasteiger partial charge in [-0.3, -0.25) is 0 Å². The summed E-state index contributed by atoms with van der Waals surface area (Å²) in [7, 11) is 0. The molecule has 0 amide bonds. The minimum atomic E-state index is -1.08. The lowest BCUT2D eigenvalue weighted by atomic mass is 10.2. The van der Waals surface area contributed by atoms with E-state index in [4.69, 9.17) is 26.3 Å². The molecule has 4 aromatic rings. The molecule has 0 aliphatic heterocycles. The van der Waals surface area contributed by atoms with Gasteiger partial charge in [0.1, 0.15) is 12.4 Å². The third kappa shape index (κ3) is 5.47. The molecule has 1 aromatic heterocycles. The summed E-state index contributed by atoms with van der Waals surface area (Å²) in [6.07, 6.45) is 3.49. The van der Waals surface area contributed by atoms with E-state index in [1.807, 2.05) is 66.9 Å². The molecule has 3 aromatic carbocycles. The highest BCUT2D eigenvalue weighted by Crippen LogP contribution is 2.27. The molecule has 32 heavy (non-hydrogen) atoms. The van der Waals surface area contributed by atoms with Crippen LogP contribution in [0.3, 0.4) is 0 Å². The third-order valence-corrected chi connectivity index (χ3v) is 5.10. The lowest BCUT2D eigenvalue weighted by Crippen LogP contribution is -2.03. The van der Waals surface area contributed by atoms with Crippen molar-refractivity contribution >= 4 is 34.7 Å². The Balaban J connectivity index is 1.61. The molecule has 4 rings (SSSR count). The molecule has 0 saturated heterocycles. The van der Waals surface area contributed by atoms with Crippen LogP contribution in [0, 0.1) is 0 Å². The van der Waals surface area contributed by atoms with Gasteiger partial charge in [-0.1, -0.05) is 59.2 Å². The minimum absolute atomic E-state index is 0.415. The van der Waals surface area contributed by atoms with Crippen molar-refractivity contribution in [1.82, 2.24) is 4.57 Å². The van der Waals surface area contributed by atoms with E-state index in [9.17, 15) is 4.79 Å². The van der Waals surface area contributed by atoms with E-state index in [1.54, 1.807) is 0 Å². The van der Waals surface area contributed by atoms with Crippen molar-refractivity contribution in [2.24, 2.45) is 5.16 Å². The Morgan fingerprint density at radius 1 is 1.03 bits per heavy atom. The van der Waals surface area contributed by atoms with Gasteiger partial charge in [-0.25, -0.2) is 4.79 Å². The van der Waals surface area contributed by atoms with Gasteiger partial charge in [0, 0.05) is 34.2 Å². The Morgan fingerprint density at radius 3 is 2.56 bits per heavy atom. The molecule has 1 heterocycles. The summed E-state index contributed by atoms with van der Waals surface area (Å²) in [5, 5.41) is 14.2. The molecule has 0 unspecified atom stereocenters. The van der Waals surface area contributed by atoms with E-state index in [-0.39, 0.29) is 0 Å². The van der Waals surface area contributed by atoms with Crippen molar-refractivity contribution in [3.63, 3.8) is 0 Å². The summed E-state index contributed by atoms with van der Waals surface area (Å²) < 4.78 is 8.09. The Labute approximate surface area is 190 Å². The van der Waals surface area contributed by atoms with Gasteiger partial charge in [-0.15, -0.1) is 0 Å². The monoisotopic (exact) mass is 448 g/mol. The largest absolute Gasteiger partial charge is 0.489 e. The van der Waals surface area contributed by atoms with Crippen molar-refractivity contribution in [2.45, 2.75) is 13.2 Å². The number of aromatic nitrogens is 1. The molecule has 0 atom stereocenters. The molecule has 0 aliphatic rings. The summed E-state index contributed by atoms with van der Waals surface area (Å²) in [6, 6.07) is 23.5. The van der Waals surface area contributed by atoms with E-state index >= 15 is 0 Å². The first-order valence-electron chi connectivity index (χ1n) is 10.00. The number of benzene rings is 3. The zero-order chi connectivity index (χ0) is 22.3. The molecular weight excluding hydrogens is 428 g/mol. The average molecular weight is 449 g/mol. The van der Waals surface area contributed by atoms with Crippen LogP contribution in [0.15, 0.2) is 84.1 Å². The number of aliphatic carboxylic acids is 1. The van der Waals surface area contributed by atoms with Crippen LogP contribution in [-0.2, 0) is 22.8 Å². The lowest BCUT2D eigenvalue weighted by Gasteiger charge is -2.08. The highest BCUT2D eigenvalue weighted by Gasteiger charge is 2.10. The van der Waals surface area contributed by atoms with Crippen molar-refractivity contribution in [1.29, 1.82) is 0 Å². The minimum Gasteiger partial charge on any atom is -0.489 e. The van der Waals surface area contributed by atoms with Crippen molar-refractivity contribution in [3.05, 3.63) is 101 Å². The second-order valence-electron chi connectivity index (χ2n) is 7.19. The smallest absolute Gasteiger partial charge is 0.344 e. The molecular formula is C25H21ClN2O4. The van der Waals surface area contributed by atoms with Crippen molar-refractivity contribution in [3.8, 4) is 5.75 Å². The van der Waals surface area contributed by atoms with Gasteiger partial charge in [-0.2, -0.15) is 0 Å². The third-order valence-electron chi connectivity index (χ3n) is 4.85. The zero-order valence-electron chi connectivity index (χ0n) is 17.1. The highest BCUT2D eigenvalue weighted by atomic mass is 35.5. The number of nitrogens with zero attached hydrogens (tertiary/aromatic N) is 2. The van der Waals surface area contributed by atoms with E-state index in [1.165, 1.54) is 6.21 Å². The second kappa shape index (κ2) is 10.0. The van der Waals surface area contributed by atoms with Gasteiger partial charge in [0.15, 0.2) is 0 Å². The predicted octanol–water partition coefficient (Wildman–Crippen LogP) is 5.36. The van der Waals surface area contributed by atoms with E-state index < -0.39 is 12.6 Å². The fourth-order valence-corrected chi connectivity index (χ4v) is 3.47. The molecule has 0 bridgehead atoms. The van der Waals surface area contributed by atoms with Crippen LogP contribution in [0.5, 0.6) is 5.75 Å². The van der Waals surface area contributed by atoms with Gasteiger partial charge >= 0.3 is 5.97 Å². The topological polar surface area (TPSA) is 73.0 Å². The first-order chi connectivity index (χ1) is 15.6. The van der Waals surface area contributed by atoms with Crippen LogP contribution in [0.2, 0.25) is 5.02 Å². The molecule has 0 radical (unpaired) electrons. The first-order valence-corrected chi connectivity index (χ1v) is 10.4. The van der Waals surface area contributed by atoms with Gasteiger partial charge in [0.05, 0.1) is 6.21 Å². The summed E-state index contributed by atoms with van der Waals surface area (Å²) in [5.41, 5.74) is 3.99. The van der Waals surface area contributed by atoms with E-state index in [0.29, 0.717) is 23.9 Å². The van der Waals surface area contributed by atoms with Crippen LogP contribution in [0.25, 0.3) is 10.9 Å². The Morgan fingerprint density at radius 2 is 1.81 bits per heavy atom. The number of fused-ring (bicyclic) bond motifs is 1. The predicted molar refractivity (Wildman–Crippen MR) is 124 cm³/mol. The van der Waals surface area contributed by atoms with Crippen LogP contribution < -0.4 is 4.74 Å². The number of rotatable bonds is 9. The number of halogens is 1. The number of ether oxygens (including phenoxy) is 1. The molecule has 1 N–H and O–H groups in total.